The predicted molar refractivity (Wildman–Crippen MR) is 40.9 cm³/mol. The molecule has 1 fully saturated rings. The van der Waals surface area contributed by atoms with Gasteiger partial charge in [-0.1, -0.05) is 18.1 Å². The van der Waals surface area contributed by atoms with E-state index in [-0.39, 0.29) is 0 Å². The Balaban J connectivity index is 2.35. The van der Waals surface area contributed by atoms with Gasteiger partial charge in [0.15, 0.2) is 0 Å². The molecule has 9 heavy (non-hydrogen) atoms. The fraction of sp³-hybridized carbons (Fsp3) is 1.00. The molecule has 0 radical (unpaired) electrons. The van der Waals surface area contributed by atoms with Crippen molar-refractivity contribution in [3.05, 3.63) is 0 Å². The van der Waals surface area contributed by atoms with Gasteiger partial charge in [-0.25, -0.2) is 0 Å². The van der Waals surface area contributed by atoms with Crippen molar-refractivity contribution in [2.45, 2.75) is 31.9 Å². The first kappa shape index (κ1) is 7.42. The van der Waals surface area contributed by atoms with E-state index in [1.165, 1.54) is 6.42 Å². The summed E-state index contributed by atoms with van der Waals surface area (Å²) >= 11 is -0.515. The summed E-state index contributed by atoms with van der Waals surface area (Å²) in [7, 11) is 0. The second-order valence-electron chi connectivity index (χ2n) is 3.04. The van der Waals surface area contributed by atoms with Crippen molar-refractivity contribution in [3.8, 4) is 0 Å². The van der Waals surface area contributed by atoms with Crippen molar-refractivity contribution in [2.75, 3.05) is 5.75 Å². The molecule has 0 bridgehead atoms. The Labute approximate surface area is 60.0 Å². The van der Waals surface area contributed by atoms with Crippen LogP contribution in [-0.4, -0.2) is 15.6 Å². The topological polar surface area (TPSA) is 23.1 Å². The maximum atomic E-state index is 11.1. The highest BCUT2D eigenvalue weighted by atomic mass is 32.2. The summed E-state index contributed by atoms with van der Waals surface area (Å²) in [5.41, 5.74) is 0. The highest BCUT2D eigenvalue weighted by molar-refractivity contribution is 7.92. The lowest BCUT2D eigenvalue weighted by atomic mass is 10.1. The zero-order valence-corrected chi connectivity index (χ0v) is 6.91. The predicted octanol–water partition coefficient (Wildman–Crippen LogP) is 1.55. The molecule has 0 N–H and O–H groups in total. The highest BCUT2D eigenvalue weighted by Crippen LogP contribution is 2.22. The van der Waals surface area contributed by atoms with Crippen molar-refractivity contribution in [3.63, 3.8) is 0 Å². The number of hydrogen-bond donors (Lipinski definition) is 0. The molecule has 3 atom stereocenters. The molecule has 2 heteroatoms. The number of hydrogen-bond acceptors (Lipinski definition) is 1. The molecule has 1 aliphatic heterocycles. The van der Waals surface area contributed by atoms with Crippen LogP contribution in [0, 0.1) is 5.92 Å². The van der Waals surface area contributed by atoms with Crippen molar-refractivity contribution >= 4 is 11.2 Å². The van der Waals surface area contributed by atoms with Crippen molar-refractivity contribution in [2.24, 2.45) is 5.92 Å². The van der Waals surface area contributed by atoms with Crippen LogP contribution >= 0.6 is 0 Å². The molecule has 1 saturated heterocycles. The summed E-state index contributed by atoms with van der Waals surface area (Å²) in [4.78, 5) is 0. The minimum absolute atomic E-state index is 0.459. The van der Waals surface area contributed by atoms with Crippen LogP contribution in [0.15, 0.2) is 0 Å². The van der Waals surface area contributed by atoms with Crippen molar-refractivity contribution in [1.29, 1.82) is 0 Å². The molecule has 1 nitrogen and oxygen atoms in total. The molecule has 1 heterocycles. The van der Waals surface area contributed by atoms with Crippen molar-refractivity contribution in [1.82, 2.24) is 0 Å². The van der Waals surface area contributed by atoms with E-state index in [9.17, 15) is 4.55 Å². The molecular formula is C7H14OS. The molecule has 0 aromatic heterocycles. The van der Waals surface area contributed by atoms with E-state index in [1.807, 2.05) is 0 Å². The Bertz CT molecular complexity index is 94.9. The molecule has 0 amide bonds. The van der Waals surface area contributed by atoms with Gasteiger partial charge < -0.3 is 4.55 Å². The zero-order chi connectivity index (χ0) is 6.85. The van der Waals surface area contributed by atoms with E-state index in [0.717, 1.165) is 12.2 Å². The highest BCUT2D eigenvalue weighted by Gasteiger charge is 2.25. The second-order valence-corrected chi connectivity index (χ2v) is 4.94. The molecule has 1 aliphatic rings. The van der Waals surface area contributed by atoms with Crippen LogP contribution in [0.4, 0.5) is 0 Å². The largest absolute Gasteiger partial charge is 0.616 e. The lowest BCUT2D eigenvalue weighted by Gasteiger charge is -2.26. The fourth-order valence-electron chi connectivity index (χ4n) is 1.18. The van der Waals surface area contributed by atoms with Crippen LogP contribution in [0.5, 0.6) is 0 Å². The van der Waals surface area contributed by atoms with Gasteiger partial charge in [0.25, 0.3) is 0 Å². The lowest BCUT2D eigenvalue weighted by molar-refractivity contribution is 0.486. The fourth-order valence-corrected chi connectivity index (χ4v) is 2.63. The van der Waals surface area contributed by atoms with Crippen molar-refractivity contribution < 1.29 is 4.55 Å². The Morgan fingerprint density at radius 3 is 2.44 bits per heavy atom. The molecule has 0 spiro atoms. The van der Waals surface area contributed by atoms with Crippen LogP contribution < -0.4 is 0 Å². The third-order valence-corrected chi connectivity index (χ3v) is 3.99. The smallest absolute Gasteiger partial charge is 0.112 e. The van der Waals surface area contributed by atoms with Gasteiger partial charge in [-0.05, 0) is 19.8 Å². The van der Waals surface area contributed by atoms with Gasteiger partial charge in [0, 0.05) is 5.92 Å². The summed E-state index contributed by atoms with van der Waals surface area (Å²) in [5.74, 6) is 1.63. The minimum Gasteiger partial charge on any atom is -0.616 e. The lowest BCUT2D eigenvalue weighted by Crippen LogP contribution is -2.30. The van der Waals surface area contributed by atoms with E-state index in [1.54, 1.807) is 0 Å². The zero-order valence-electron chi connectivity index (χ0n) is 6.09. The van der Waals surface area contributed by atoms with Gasteiger partial charge in [-0.2, -0.15) is 0 Å². The summed E-state index contributed by atoms with van der Waals surface area (Å²) in [6, 6.07) is 0. The normalized spacial score (nSPS) is 45.0. The molecule has 54 valence electrons. The average molecular weight is 146 g/mol. The molecule has 3 unspecified atom stereocenters. The Morgan fingerprint density at radius 1 is 1.33 bits per heavy atom. The monoisotopic (exact) mass is 146 g/mol. The molecule has 1 rings (SSSR count). The van der Waals surface area contributed by atoms with E-state index in [0.29, 0.717) is 11.2 Å². The van der Waals surface area contributed by atoms with Gasteiger partial charge in [-0.15, -0.1) is 0 Å². The van der Waals surface area contributed by atoms with Crippen LogP contribution in [-0.2, 0) is 11.2 Å². The SMILES string of the molecule is CC1CCC(C)[S+]([O-])C1. The standard InChI is InChI=1S/C7H14OS/c1-6-3-4-7(2)9(8)5-6/h6-7H,3-5H2,1-2H3. The Hall–Kier alpha value is 0.310. The third-order valence-electron chi connectivity index (χ3n) is 1.96. The van der Waals surface area contributed by atoms with Gasteiger partial charge in [0.1, 0.15) is 11.0 Å². The minimum atomic E-state index is -0.515. The van der Waals surface area contributed by atoms with E-state index in [2.05, 4.69) is 13.8 Å². The Kier molecular flexibility index (Phi) is 2.42. The summed E-state index contributed by atoms with van der Waals surface area (Å²) in [5, 5.41) is 0.459. The van der Waals surface area contributed by atoms with E-state index >= 15 is 0 Å². The summed E-state index contributed by atoms with van der Waals surface area (Å²) in [6.07, 6.45) is 2.43. The molecule has 0 aromatic carbocycles. The summed E-state index contributed by atoms with van der Waals surface area (Å²) < 4.78 is 11.1. The van der Waals surface area contributed by atoms with Crippen LogP contribution in [0.3, 0.4) is 0 Å². The maximum Gasteiger partial charge on any atom is 0.112 e. The van der Waals surface area contributed by atoms with E-state index < -0.39 is 11.2 Å². The molecule has 0 aromatic rings. The first-order valence-corrected chi connectivity index (χ1v) is 4.95. The van der Waals surface area contributed by atoms with Crippen LogP contribution in [0.25, 0.3) is 0 Å². The third kappa shape index (κ3) is 1.87. The van der Waals surface area contributed by atoms with Gasteiger partial charge in [-0.3, -0.25) is 0 Å². The average Bonchev–Trinajstić information content (AvgIpc) is 1.80. The summed E-state index contributed by atoms with van der Waals surface area (Å²) in [6.45, 7) is 4.27. The molecule has 0 aliphatic carbocycles. The van der Waals surface area contributed by atoms with Crippen LogP contribution in [0.2, 0.25) is 0 Å². The first-order chi connectivity index (χ1) is 4.20. The molecule has 0 saturated carbocycles. The second kappa shape index (κ2) is 2.93. The van der Waals surface area contributed by atoms with Crippen LogP contribution in [0.1, 0.15) is 26.7 Å². The van der Waals surface area contributed by atoms with Gasteiger partial charge in [0.2, 0.25) is 0 Å². The first-order valence-electron chi connectivity index (χ1n) is 3.57. The van der Waals surface area contributed by atoms with Gasteiger partial charge >= 0.3 is 0 Å². The quantitative estimate of drug-likeness (QED) is 0.475. The number of rotatable bonds is 0. The van der Waals surface area contributed by atoms with E-state index in [4.69, 9.17) is 0 Å². The van der Waals surface area contributed by atoms with Gasteiger partial charge in [0.05, 0.1) is 0 Å². The molecular weight excluding hydrogens is 132 g/mol. The maximum absolute atomic E-state index is 11.1. The Morgan fingerprint density at radius 2 is 2.00 bits per heavy atom.